The maximum Gasteiger partial charge on any atom is 0.245 e. The molecule has 0 bridgehead atoms. The van der Waals surface area contributed by atoms with Crippen molar-refractivity contribution in [2.45, 2.75) is 19.4 Å². The van der Waals surface area contributed by atoms with E-state index in [-0.39, 0.29) is 18.3 Å². The van der Waals surface area contributed by atoms with Crippen LogP contribution in [0.4, 0.5) is 5.13 Å². The molecule has 0 fully saturated rings. The summed E-state index contributed by atoms with van der Waals surface area (Å²) in [4.78, 5) is 15.9. The van der Waals surface area contributed by atoms with E-state index in [1.54, 1.807) is 26.2 Å². The van der Waals surface area contributed by atoms with Gasteiger partial charge in [-0.1, -0.05) is 0 Å². The van der Waals surface area contributed by atoms with Crippen molar-refractivity contribution in [2.24, 2.45) is 5.73 Å². The van der Waals surface area contributed by atoms with Gasteiger partial charge in [0.1, 0.15) is 5.69 Å². The van der Waals surface area contributed by atoms with Gasteiger partial charge in [0, 0.05) is 5.38 Å². The topological polar surface area (TPSA) is 81.2 Å². The summed E-state index contributed by atoms with van der Waals surface area (Å²) in [7, 11) is 0. The van der Waals surface area contributed by atoms with Crippen LogP contribution in [0.1, 0.15) is 13.8 Å². The molecule has 2 aromatic heterocycles. The molecule has 18 heavy (non-hydrogen) atoms. The number of aromatic nitrogens is 1. The van der Waals surface area contributed by atoms with Crippen LogP contribution in [-0.2, 0) is 4.79 Å². The lowest BCUT2D eigenvalue weighted by atomic mass is 10.1. The first-order valence-corrected chi connectivity index (χ1v) is 5.94. The number of carbonyl (C=O) groups excluding carboxylic acids is 1. The van der Waals surface area contributed by atoms with Crippen LogP contribution in [0.3, 0.4) is 0 Å². The molecule has 98 valence electrons. The van der Waals surface area contributed by atoms with Crippen LogP contribution < -0.4 is 11.1 Å². The van der Waals surface area contributed by atoms with Crippen molar-refractivity contribution in [3.63, 3.8) is 0 Å². The Hall–Kier alpha value is -1.37. The monoisotopic (exact) mass is 287 g/mol. The molecule has 2 heterocycles. The number of nitrogens with one attached hydrogen (secondary N) is 1. The minimum atomic E-state index is -0.920. The number of nitrogens with zero attached hydrogens (tertiary/aromatic N) is 1. The van der Waals surface area contributed by atoms with E-state index in [9.17, 15) is 4.79 Å². The highest BCUT2D eigenvalue weighted by molar-refractivity contribution is 7.14. The van der Waals surface area contributed by atoms with Gasteiger partial charge in [-0.25, -0.2) is 4.98 Å². The third-order valence-electron chi connectivity index (χ3n) is 2.08. The first-order chi connectivity index (χ1) is 7.97. The highest BCUT2D eigenvalue weighted by atomic mass is 35.5. The third-order valence-corrected chi connectivity index (χ3v) is 2.84. The number of rotatable bonds is 3. The van der Waals surface area contributed by atoms with Gasteiger partial charge in [0.2, 0.25) is 5.91 Å². The van der Waals surface area contributed by atoms with Crippen LogP contribution in [0.25, 0.3) is 11.5 Å². The molecule has 0 spiro atoms. The zero-order valence-corrected chi connectivity index (χ0v) is 11.6. The molecule has 1 amide bonds. The quantitative estimate of drug-likeness (QED) is 0.909. The lowest BCUT2D eigenvalue weighted by molar-refractivity contribution is -0.120. The number of carbonyl (C=O) groups is 1. The number of amides is 1. The number of thiazole rings is 1. The minimum absolute atomic E-state index is 0. The van der Waals surface area contributed by atoms with E-state index in [0.717, 1.165) is 0 Å². The SMILES string of the molecule is CC(C)(N)C(=O)Nc1nc(-c2ccco2)cs1.Cl. The van der Waals surface area contributed by atoms with Crippen molar-refractivity contribution in [2.75, 3.05) is 5.32 Å². The standard InChI is InChI=1S/C11H13N3O2S.ClH/c1-11(2,12)9(15)14-10-13-7(6-17-10)8-4-3-5-16-8;/h3-6H,12H2,1-2H3,(H,13,14,15);1H. The maximum absolute atomic E-state index is 11.6. The average molecular weight is 288 g/mol. The molecule has 3 N–H and O–H groups in total. The number of nitrogens with two attached hydrogens (primary N) is 1. The molecule has 0 aromatic carbocycles. The van der Waals surface area contributed by atoms with Crippen LogP contribution in [0.2, 0.25) is 0 Å². The Bertz CT molecular complexity index is 517. The highest BCUT2D eigenvalue weighted by Gasteiger charge is 2.22. The second kappa shape index (κ2) is 5.51. The molecule has 7 heteroatoms. The third kappa shape index (κ3) is 3.32. The smallest absolute Gasteiger partial charge is 0.245 e. The van der Waals surface area contributed by atoms with Gasteiger partial charge in [-0.3, -0.25) is 4.79 Å². The fraction of sp³-hybridized carbons (Fsp3) is 0.273. The first-order valence-electron chi connectivity index (χ1n) is 5.06. The molecule has 0 saturated carbocycles. The second-order valence-corrected chi connectivity index (χ2v) is 5.05. The summed E-state index contributed by atoms with van der Waals surface area (Å²) in [5.41, 5.74) is 5.45. The zero-order valence-electron chi connectivity index (χ0n) is 9.97. The Kier molecular flexibility index (Phi) is 4.50. The van der Waals surface area contributed by atoms with Gasteiger partial charge in [-0.15, -0.1) is 23.7 Å². The normalized spacial score (nSPS) is 10.8. The largest absolute Gasteiger partial charge is 0.463 e. The molecule has 2 aromatic rings. The maximum atomic E-state index is 11.6. The van der Waals surface area contributed by atoms with E-state index in [2.05, 4.69) is 10.3 Å². The highest BCUT2D eigenvalue weighted by Crippen LogP contribution is 2.25. The van der Waals surface area contributed by atoms with Crippen LogP contribution in [0.15, 0.2) is 28.2 Å². The Balaban J connectivity index is 0.00000162. The molecule has 0 radical (unpaired) electrons. The Morgan fingerprint density at radius 2 is 2.28 bits per heavy atom. The van der Waals surface area contributed by atoms with Crippen LogP contribution in [0.5, 0.6) is 0 Å². The molecule has 0 unspecified atom stereocenters. The van der Waals surface area contributed by atoms with E-state index >= 15 is 0 Å². The summed E-state index contributed by atoms with van der Waals surface area (Å²) in [5.74, 6) is 0.409. The Morgan fingerprint density at radius 1 is 1.56 bits per heavy atom. The van der Waals surface area contributed by atoms with Crippen molar-refractivity contribution in [1.82, 2.24) is 4.98 Å². The fourth-order valence-corrected chi connectivity index (χ4v) is 1.82. The van der Waals surface area contributed by atoms with Gasteiger partial charge in [0.25, 0.3) is 0 Å². The number of halogens is 1. The summed E-state index contributed by atoms with van der Waals surface area (Å²) in [6, 6.07) is 3.60. The lowest BCUT2D eigenvalue weighted by Gasteiger charge is -2.16. The van der Waals surface area contributed by atoms with Crippen LogP contribution in [-0.4, -0.2) is 16.4 Å². The first kappa shape index (κ1) is 14.7. The molecular formula is C11H14ClN3O2S. The molecule has 0 aliphatic rings. The van der Waals surface area contributed by atoms with Gasteiger partial charge in [-0.05, 0) is 26.0 Å². The van der Waals surface area contributed by atoms with Gasteiger partial charge in [-0.2, -0.15) is 0 Å². The van der Waals surface area contributed by atoms with Gasteiger partial charge in [0.05, 0.1) is 11.8 Å². The van der Waals surface area contributed by atoms with Crippen LogP contribution in [0, 0.1) is 0 Å². The number of hydrogen-bond donors (Lipinski definition) is 2. The number of anilines is 1. The summed E-state index contributed by atoms with van der Waals surface area (Å²) in [6.07, 6.45) is 1.58. The number of furan rings is 1. The van der Waals surface area contributed by atoms with E-state index in [0.29, 0.717) is 16.6 Å². The van der Waals surface area contributed by atoms with Crippen molar-refractivity contribution >= 4 is 34.8 Å². The predicted octanol–water partition coefficient (Wildman–Crippen LogP) is 2.50. The molecule has 0 aliphatic heterocycles. The van der Waals surface area contributed by atoms with Gasteiger partial charge in [0.15, 0.2) is 10.9 Å². The summed E-state index contributed by atoms with van der Waals surface area (Å²) >= 11 is 1.33. The zero-order chi connectivity index (χ0) is 12.5. The number of hydrogen-bond acceptors (Lipinski definition) is 5. The summed E-state index contributed by atoms with van der Waals surface area (Å²) in [5, 5.41) is 5.00. The second-order valence-electron chi connectivity index (χ2n) is 4.19. The van der Waals surface area contributed by atoms with E-state index < -0.39 is 5.54 Å². The Morgan fingerprint density at radius 3 is 2.83 bits per heavy atom. The van der Waals surface area contributed by atoms with E-state index in [1.807, 2.05) is 11.4 Å². The summed E-state index contributed by atoms with van der Waals surface area (Å²) < 4.78 is 5.21. The molecule has 2 rings (SSSR count). The molecular weight excluding hydrogens is 274 g/mol. The minimum Gasteiger partial charge on any atom is -0.463 e. The molecule has 5 nitrogen and oxygen atoms in total. The molecule has 0 atom stereocenters. The average Bonchev–Trinajstić information content (AvgIpc) is 2.83. The van der Waals surface area contributed by atoms with Crippen LogP contribution >= 0.6 is 23.7 Å². The Labute approximate surface area is 115 Å². The van der Waals surface area contributed by atoms with E-state index in [4.69, 9.17) is 10.2 Å². The van der Waals surface area contributed by atoms with Crippen molar-refractivity contribution in [3.8, 4) is 11.5 Å². The van der Waals surface area contributed by atoms with Gasteiger partial charge >= 0.3 is 0 Å². The van der Waals surface area contributed by atoms with Crippen molar-refractivity contribution in [1.29, 1.82) is 0 Å². The summed E-state index contributed by atoms with van der Waals surface area (Å²) in [6.45, 7) is 3.28. The lowest BCUT2D eigenvalue weighted by Crippen LogP contribution is -2.45. The van der Waals surface area contributed by atoms with Crippen molar-refractivity contribution < 1.29 is 9.21 Å². The predicted molar refractivity (Wildman–Crippen MR) is 74.0 cm³/mol. The van der Waals surface area contributed by atoms with E-state index in [1.165, 1.54) is 11.3 Å². The molecule has 0 aliphatic carbocycles. The van der Waals surface area contributed by atoms with Crippen molar-refractivity contribution in [3.05, 3.63) is 23.8 Å². The molecule has 0 saturated heterocycles. The fourth-order valence-electron chi connectivity index (χ4n) is 1.13. The van der Waals surface area contributed by atoms with Gasteiger partial charge < -0.3 is 15.5 Å².